The van der Waals surface area contributed by atoms with Crippen molar-refractivity contribution in [1.29, 1.82) is 5.41 Å². The van der Waals surface area contributed by atoms with Crippen LogP contribution in [0, 0.1) is 32.1 Å². The molecular formula is C45H67N9O11S. The molecule has 0 aromatic heterocycles. The van der Waals surface area contributed by atoms with Crippen LogP contribution in [0.2, 0.25) is 0 Å². The molecule has 364 valence electrons. The van der Waals surface area contributed by atoms with Gasteiger partial charge in [-0.25, -0.2) is 22.7 Å². The summed E-state index contributed by atoms with van der Waals surface area (Å²) in [7, 11) is -4.16. The number of benzene rings is 2. The first-order chi connectivity index (χ1) is 31.2. The Kier molecular flexibility index (Phi) is 19.6. The zero-order valence-corrected chi connectivity index (χ0v) is 39.6. The Morgan fingerprint density at radius 2 is 1.59 bits per heavy atom. The van der Waals surface area contributed by atoms with Crippen molar-refractivity contribution < 1.29 is 51.8 Å². The molecule has 2 aliphatic rings. The van der Waals surface area contributed by atoms with Crippen molar-refractivity contribution >= 4 is 51.7 Å². The molecule has 2 aromatic carbocycles. The molecule has 0 radical (unpaired) electrons. The van der Waals surface area contributed by atoms with E-state index in [4.69, 9.17) is 14.9 Å². The van der Waals surface area contributed by atoms with Gasteiger partial charge in [-0.2, -0.15) is 0 Å². The van der Waals surface area contributed by atoms with Crippen LogP contribution in [0.1, 0.15) is 100.0 Å². The normalized spacial score (nSPS) is 17.1. The fourth-order valence-corrected chi connectivity index (χ4v) is 9.55. The molecule has 2 heterocycles. The lowest BCUT2D eigenvalue weighted by Gasteiger charge is -2.30. The van der Waals surface area contributed by atoms with Crippen LogP contribution < -0.4 is 46.7 Å². The number of nitrogens with one attached hydrogen (secondary N) is 9. The SMILES string of the molecule is CC(=O)NCC(=O)N[C@@H](CCCNC(=N)NS(=O)(=O)c1c(C)c(C)c2c(c1C)CC(C)(C)O2)C(=O)NCC1CC(C(=O)NCCCCC[C@H](NC(=O)OCc2ccccc2)C(=O)O)CCN1. The number of piperidine rings is 1. The third kappa shape index (κ3) is 16.2. The molecule has 66 heavy (non-hydrogen) atoms. The van der Waals surface area contributed by atoms with Gasteiger partial charge in [-0.05, 0) is 102 Å². The van der Waals surface area contributed by atoms with E-state index in [-0.39, 0.29) is 68.3 Å². The summed E-state index contributed by atoms with van der Waals surface area (Å²) in [5.74, 6) is -2.89. The Labute approximate surface area is 386 Å². The molecular weight excluding hydrogens is 875 g/mol. The molecule has 20 nitrogen and oxygen atoms in total. The standard InChI is InChI=1S/C45H67N9O11S/c1-27-28(2)39(29(3)34-23-45(5,6)65-38(27)34)66(62,63)54-43(46)49-20-13-17-35(52-37(56)25-50-30(4)55)41(58)51-24-33-22-32(18-21-47-33)40(57)48-19-12-8-11-16-36(42(59)60)53-44(61)64-26-31-14-9-7-10-15-31/h7,9-10,14-15,32-33,35-36,47H,8,11-13,16-26H2,1-6H3,(H,48,57)(H,50,55)(H,51,58)(H,52,56)(H,53,61)(H,59,60)(H3,46,49,54)/t32?,33?,35-,36-/m0/s1. The second-order valence-corrected chi connectivity index (χ2v) is 19.1. The van der Waals surface area contributed by atoms with Crippen molar-refractivity contribution in [2.75, 3.05) is 32.7 Å². The average molecular weight is 942 g/mol. The molecule has 0 aliphatic carbocycles. The molecule has 10 N–H and O–H groups in total. The number of carbonyl (C=O) groups is 6. The number of ether oxygens (including phenoxy) is 2. The van der Waals surface area contributed by atoms with Gasteiger partial charge in [0.05, 0.1) is 11.4 Å². The van der Waals surface area contributed by atoms with Crippen molar-refractivity contribution in [3.8, 4) is 5.75 Å². The summed E-state index contributed by atoms with van der Waals surface area (Å²) in [6, 6.07) is 6.65. The summed E-state index contributed by atoms with van der Waals surface area (Å²) in [4.78, 5) is 74.6. The van der Waals surface area contributed by atoms with Gasteiger partial charge in [0, 0.05) is 50.5 Å². The maximum absolute atomic E-state index is 13.6. The molecule has 2 unspecified atom stereocenters. The van der Waals surface area contributed by atoms with E-state index >= 15 is 0 Å². The lowest BCUT2D eigenvalue weighted by Crippen LogP contribution is -2.53. The van der Waals surface area contributed by atoms with E-state index in [0.717, 1.165) is 16.7 Å². The number of rotatable bonds is 23. The fourth-order valence-electron chi connectivity index (χ4n) is 8.03. The van der Waals surface area contributed by atoms with Gasteiger partial charge in [0.25, 0.3) is 10.0 Å². The molecule has 1 fully saturated rings. The van der Waals surface area contributed by atoms with Crippen molar-refractivity contribution in [3.63, 3.8) is 0 Å². The Balaban J connectivity index is 1.20. The molecule has 4 rings (SSSR count). The quantitative estimate of drug-likeness (QED) is 0.0434. The summed E-state index contributed by atoms with van der Waals surface area (Å²) in [5, 5.41) is 37.2. The highest BCUT2D eigenvalue weighted by Crippen LogP contribution is 2.43. The predicted molar refractivity (Wildman–Crippen MR) is 245 cm³/mol. The molecule has 0 bridgehead atoms. The maximum atomic E-state index is 13.6. The highest BCUT2D eigenvalue weighted by Gasteiger charge is 2.37. The van der Waals surface area contributed by atoms with Crippen LogP contribution in [0.15, 0.2) is 35.2 Å². The summed E-state index contributed by atoms with van der Waals surface area (Å²) in [6.07, 6.45) is 3.03. The zero-order valence-electron chi connectivity index (χ0n) is 38.7. The van der Waals surface area contributed by atoms with Crippen LogP contribution in [0.5, 0.6) is 5.75 Å². The van der Waals surface area contributed by atoms with Crippen molar-refractivity contribution in [3.05, 3.63) is 58.1 Å². The molecule has 0 saturated carbocycles. The van der Waals surface area contributed by atoms with Crippen molar-refractivity contribution in [2.45, 2.75) is 135 Å². The summed E-state index contributed by atoms with van der Waals surface area (Å²) in [5.41, 5.74) is 2.93. The third-order valence-electron chi connectivity index (χ3n) is 11.6. The van der Waals surface area contributed by atoms with Gasteiger partial charge in [-0.15, -0.1) is 0 Å². The van der Waals surface area contributed by atoms with E-state index in [1.807, 2.05) is 26.8 Å². The first-order valence-corrected chi connectivity index (χ1v) is 23.8. The van der Waals surface area contributed by atoms with E-state index in [1.54, 1.807) is 38.1 Å². The number of aliphatic carboxylic acids is 1. The molecule has 1 saturated heterocycles. The van der Waals surface area contributed by atoms with Gasteiger partial charge >= 0.3 is 12.1 Å². The fraction of sp³-hybridized carbons (Fsp3) is 0.578. The second-order valence-electron chi connectivity index (χ2n) is 17.5. The average Bonchev–Trinajstić information content (AvgIpc) is 3.60. The van der Waals surface area contributed by atoms with Gasteiger partial charge < -0.3 is 51.8 Å². The van der Waals surface area contributed by atoms with Gasteiger partial charge in [0.2, 0.25) is 29.6 Å². The molecule has 21 heteroatoms. The van der Waals surface area contributed by atoms with Crippen molar-refractivity contribution in [2.24, 2.45) is 5.92 Å². The molecule has 5 amide bonds. The van der Waals surface area contributed by atoms with E-state index in [1.165, 1.54) is 6.92 Å². The lowest BCUT2D eigenvalue weighted by atomic mass is 9.91. The lowest BCUT2D eigenvalue weighted by molar-refractivity contribution is -0.139. The minimum absolute atomic E-state index is 0.0196. The zero-order chi connectivity index (χ0) is 48.6. The number of hydrogen-bond donors (Lipinski definition) is 10. The number of fused-ring (bicyclic) bond motifs is 1. The van der Waals surface area contributed by atoms with E-state index in [2.05, 4.69) is 41.9 Å². The number of amides is 5. The monoisotopic (exact) mass is 941 g/mol. The van der Waals surface area contributed by atoms with Crippen LogP contribution in [0.25, 0.3) is 0 Å². The predicted octanol–water partition coefficient (Wildman–Crippen LogP) is 2.07. The number of carboxylic acid groups (broad SMARTS) is 1. The highest BCUT2D eigenvalue weighted by molar-refractivity contribution is 7.90. The van der Waals surface area contributed by atoms with E-state index in [0.29, 0.717) is 68.5 Å². The van der Waals surface area contributed by atoms with Gasteiger partial charge in [0.15, 0.2) is 0 Å². The molecule has 4 atom stereocenters. The van der Waals surface area contributed by atoms with Gasteiger partial charge in [0.1, 0.15) is 30.0 Å². The summed E-state index contributed by atoms with van der Waals surface area (Å²) in [6.45, 7) is 11.2. The summed E-state index contributed by atoms with van der Waals surface area (Å²) < 4.78 is 40.7. The Bertz CT molecular complexity index is 2190. The van der Waals surface area contributed by atoms with Crippen LogP contribution in [-0.2, 0) is 51.8 Å². The summed E-state index contributed by atoms with van der Waals surface area (Å²) >= 11 is 0. The first kappa shape index (κ1) is 52.7. The van der Waals surface area contributed by atoms with Crippen LogP contribution in [-0.4, -0.2) is 112 Å². The minimum Gasteiger partial charge on any atom is -0.487 e. The molecule has 2 aromatic rings. The number of carbonyl (C=O) groups excluding carboxylic acids is 5. The maximum Gasteiger partial charge on any atom is 0.408 e. The van der Waals surface area contributed by atoms with E-state index in [9.17, 15) is 42.3 Å². The minimum atomic E-state index is -4.16. The number of guanidine groups is 1. The number of sulfonamides is 1. The Morgan fingerprint density at radius 3 is 2.29 bits per heavy atom. The number of carboxylic acids is 1. The highest BCUT2D eigenvalue weighted by atomic mass is 32.2. The smallest absolute Gasteiger partial charge is 0.408 e. The molecule has 0 spiro atoms. The first-order valence-electron chi connectivity index (χ1n) is 22.4. The van der Waals surface area contributed by atoms with Crippen LogP contribution in [0.3, 0.4) is 0 Å². The number of hydrogen-bond acceptors (Lipinski definition) is 12. The largest absolute Gasteiger partial charge is 0.487 e. The number of unbranched alkanes of at least 4 members (excludes halogenated alkanes) is 2. The Morgan fingerprint density at radius 1 is 0.894 bits per heavy atom. The van der Waals surface area contributed by atoms with Gasteiger partial charge in [-0.3, -0.25) is 24.6 Å². The third-order valence-corrected chi connectivity index (χ3v) is 13.2. The molecule has 2 aliphatic heterocycles. The van der Waals surface area contributed by atoms with Gasteiger partial charge in [-0.1, -0.05) is 43.2 Å². The van der Waals surface area contributed by atoms with E-state index < -0.39 is 63.5 Å². The number of alkyl carbamates (subject to hydrolysis) is 1. The van der Waals surface area contributed by atoms with Crippen LogP contribution in [0.4, 0.5) is 4.79 Å². The topological polar surface area (TPSA) is 295 Å². The van der Waals surface area contributed by atoms with Crippen molar-refractivity contribution in [1.82, 2.24) is 41.9 Å². The van der Waals surface area contributed by atoms with Crippen LogP contribution >= 0.6 is 0 Å². The second kappa shape index (κ2) is 24.5. The Hall–Kier alpha value is -5.96.